The average Bonchev–Trinajstić information content (AvgIpc) is 3.72. The fourth-order valence-corrected chi connectivity index (χ4v) is 7.92. The highest BCUT2D eigenvalue weighted by atomic mass is 32.5. The minimum absolute atomic E-state index is 0.00314. The van der Waals surface area contributed by atoms with Crippen LogP contribution >= 0.6 is 14.2 Å². The van der Waals surface area contributed by atoms with Gasteiger partial charge in [0.25, 0.3) is 18.6 Å². The number of aliphatic hydroxyl groups excluding tert-OH is 1. The number of hydrogen-bond donors (Lipinski definition) is 5. The van der Waals surface area contributed by atoms with Crippen molar-refractivity contribution in [2.45, 2.75) is 56.1 Å². The highest BCUT2D eigenvalue weighted by Crippen LogP contribution is 2.54. The number of imidazole rings is 2. The van der Waals surface area contributed by atoms with Crippen LogP contribution in [0, 0.1) is 6.92 Å². The number of hydrogen-bond acceptors (Lipinski definition) is 16. The lowest BCUT2D eigenvalue weighted by Crippen LogP contribution is -2.38. The van der Waals surface area contributed by atoms with Crippen LogP contribution in [0.2, 0.25) is 0 Å². The van der Waals surface area contributed by atoms with E-state index in [1.165, 1.54) is 11.5 Å². The number of anilines is 1. The van der Waals surface area contributed by atoms with E-state index >= 15 is 4.39 Å². The number of alkyl halides is 1. The monoisotopic (exact) mass is 701 g/mol. The topological polar surface area (TPSA) is 266 Å². The van der Waals surface area contributed by atoms with E-state index < -0.39 is 87.7 Å². The molecule has 0 bridgehead atoms. The molecule has 25 heteroatoms. The van der Waals surface area contributed by atoms with E-state index in [-0.39, 0.29) is 34.1 Å². The van der Waals surface area contributed by atoms with Crippen LogP contribution in [0.25, 0.3) is 22.3 Å². The first-order valence-electron chi connectivity index (χ1n) is 13.4. The van der Waals surface area contributed by atoms with Crippen molar-refractivity contribution in [2.75, 3.05) is 18.9 Å². The molecule has 4 aromatic rings. The molecule has 46 heavy (non-hydrogen) atoms. The maximum Gasteiger partial charge on any atom is 0.325 e. The van der Waals surface area contributed by atoms with Gasteiger partial charge in [-0.05, 0) is 18.7 Å². The van der Waals surface area contributed by atoms with Crippen LogP contribution in [0.15, 0.2) is 22.2 Å². The quantitative estimate of drug-likeness (QED) is 0.123. The Morgan fingerprint density at radius 1 is 1.00 bits per heavy atom. The van der Waals surface area contributed by atoms with Crippen LogP contribution in [-0.4, -0.2) is 107 Å². The van der Waals surface area contributed by atoms with E-state index in [1.807, 2.05) is 0 Å². The number of aromatic nitrogens is 8. The summed E-state index contributed by atoms with van der Waals surface area (Å²) in [5, 5.41) is 11.2. The standard InChI is InChI=1S/C21H23BFN9O11P2S/c1-6-27-15-10(17(34)28-6)25-4-31(15)19-9(23)13-7(40-19)3-39-45(37,46)43-14-8(2-38-44(22,36)42-13)41-20(12(14)33)32-5-26-11-16(32)29-21(24)30-18(11)35/h4-5,7-9,12-14,19-20,33H,2-3H2,1H3,(H,37,46)(H,27,28,34)(H3,24,29,30,35)/t7-,8-,9+,12?,13?,14+,19-,20-,44?,45?/m1/s1. The lowest BCUT2D eigenvalue weighted by atomic mass is 10.1. The molecule has 0 aliphatic carbocycles. The van der Waals surface area contributed by atoms with Gasteiger partial charge in [-0.25, -0.2) is 19.3 Å². The number of aryl methyl sites for hydroxylation is 1. The molecule has 3 saturated heterocycles. The van der Waals surface area contributed by atoms with Crippen molar-refractivity contribution in [3.8, 4) is 0 Å². The molecule has 0 saturated carbocycles. The third-order valence-electron chi connectivity index (χ3n) is 7.47. The Labute approximate surface area is 261 Å². The zero-order chi connectivity index (χ0) is 32.7. The Morgan fingerprint density at radius 3 is 2.30 bits per heavy atom. The fourth-order valence-electron chi connectivity index (χ4n) is 5.47. The zero-order valence-corrected chi connectivity index (χ0v) is 25.9. The Hall–Kier alpha value is -2.95. The Bertz CT molecular complexity index is 1920. The maximum absolute atomic E-state index is 16.0. The molecule has 7 heterocycles. The zero-order valence-electron chi connectivity index (χ0n) is 23.3. The summed E-state index contributed by atoms with van der Waals surface area (Å²) in [7, 11) is 1.24. The van der Waals surface area contributed by atoms with E-state index in [0.717, 1.165) is 17.2 Å². The number of nitrogens with one attached hydrogen (secondary N) is 2. The minimum Gasteiger partial charge on any atom is -0.386 e. The van der Waals surface area contributed by atoms with Gasteiger partial charge in [-0.2, -0.15) is 4.98 Å². The third-order valence-corrected chi connectivity index (χ3v) is 10.1. The SMILES string of the molecule is [B]P1(=O)OC[C@H]2O[C@@H](n3cnc4c(=O)[nH]c(N)nc43)C(O)[C@H]2OP(O)(=S)OC[C@H]2O[C@@H](n3cnc4c(=O)[nH]c(C)nc43)[C@@H](F)C2O1. The lowest BCUT2D eigenvalue weighted by molar-refractivity contribution is -0.0572. The van der Waals surface area contributed by atoms with Crippen LogP contribution in [0.4, 0.5) is 10.3 Å². The number of rotatable bonds is 2. The summed E-state index contributed by atoms with van der Waals surface area (Å²) < 4.78 is 65.3. The molecule has 3 fully saturated rings. The van der Waals surface area contributed by atoms with Crippen molar-refractivity contribution in [1.29, 1.82) is 0 Å². The predicted molar refractivity (Wildman–Crippen MR) is 156 cm³/mol. The third kappa shape index (κ3) is 5.54. The molecule has 4 unspecified atom stereocenters. The predicted octanol–water partition coefficient (Wildman–Crippen LogP) is -1.05. The number of fused-ring (bicyclic) bond motifs is 4. The van der Waals surface area contributed by atoms with E-state index in [0.29, 0.717) is 0 Å². The molecular weight excluding hydrogens is 678 g/mol. The fraction of sp³-hybridized carbons (Fsp3) is 0.524. The van der Waals surface area contributed by atoms with E-state index in [2.05, 4.69) is 29.9 Å². The van der Waals surface area contributed by atoms with Crippen molar-refractivity contribution < 1.29 is 46.5 Å². The number of nitrogens with two attached hydrogens (primary N) is 1. The molecule has 7 rings (SSSR count). The van der Waals surface area contributed by atoms with Crippen molar-refractivity contribution in [3.63, 3.8) is 0 Å². The van der Waals surface area contributed by atoms with Gasteiger partial charge in [-0.1, -0.05) is 0 Å². The molecule has 20 nitrogen and oxygen atoms in total. The molecule has 10 atom stereocenters. The Kier molecular flexibility index (Phi) is 7.80. The van der Waals surface area contributed by atoms with E-state index in [1.54, 1.807) is 0 Å². The summed E-state index contributed by atoms with van der Waals surface area (Å²) >= 11 is 5.18. The van der Waals surface area contributed by atoms with Crippen LogP contribution in [0.1, 0.15) is 18.3 Å². The summed E-state index contributed by atoms with van der Waals surface area (Å²) in [6, 6.07) is 0. The van der Waals surface area contributed by atoms with Crippen LogP contribution < -0.4 is 16.9 Å². The Balaban J connectivity index is 1.18. The molecule has 0 amide bonds. The normalized spacial score (nSPS) is 37.1. The van der Waals surface area contributed by atoms with Gasteiger partial charge >= 0.3 is 6.72 Å². The number of aromatic amines is 2. The van der Waals surface area contributed by atoms with Crippen molar-refractivity contribution in [3.05, 3.63) is 39.2 Å². The highest BCUT2D eigenvalue weighted by molar-refractivity contribution is 8.07. The van der Waals surface area contributed by atoms with Crippen LogP contribution in [0.3, 0.4) is 0 Å². The smallest absolute Gasteiger partial charge is 0.325 e. The number of aliphatic hydroxyl groups is 1. The average molecular weight is 701 g/mol. The van der Waals surface area contributed by atoms with Gasteiger partial charge < -0.3 is 43.8 Å². The largest absolute Gasteiger partial charge is 0.386 e. The second-order valence-corrected chi connectivity index (χ2v) is 14.9. The number of nitrogens with zero attached hydrogens (tertiary/aromatic N) is 6. The second kappa shape index (κ2) is 11.3. The molecule has 3 aliphatic rings. The number of nitrogen functional groups attached to an aromatic ring is 1. The molecule has 3 aliphatic heterocycles. The first kappa shape index (κ1) is 31.6. The number of halogens is 1. The summed E-state index contributed by atoms with van der Waals surface area (Å²) in [6.45, 7) is -4.08. The van der Waals surface area contributed by atoms with Crippen LogP contribution in [0.5, 0.6) is 0 Å². The van der Waals surface area contributed by atoms with Crippen molar-refractivity contribution >= 4 is 61.8 Å². The van der Waals surface area contributed by atoms with Gasteiger partial charge in [0.05, 0.1) is 25.9 Å². The molecule has 244 valence electrons. The van der Waals surface area contributed by atoms with E-state index in [4.69, 9.17) is 52.7 Å². The molecule has 0 aromatic carbocycles. The molecular formula is C21H23BFN9O11P2S. The number of H-pyrrole nitrogens is 2. The number of ether oxygens (including phenoxy) is 2. The second-order valence-electron chi connectivity index (χ2n) is 10.6. The van der Waals surface area contributed by atoms with E-state index in [9.17, 15) is 24.2 Å². The van der Waals surface area contributed by atoms with Gasteiger partial charge in [0.15, 0.2) is 41.0 Å². The minimum atomic E-state index is -4.61. The van der Waals surface area contributed by atoms with Crippen molar-refractivity contribution in [2.24, 2.45) is 0 Å². The maximum atomic E-state index is 16.0. The van der Waals surface area contributed by atoms with Crippen molar-refractivity contribution in [1.82, 2.24) is 39.0 Å². The summed E-state index contributed by atoms with van der Waals surface area (Å²) in [6.07, 6.45) is -10.2. The highest BCUT2D eigenvalue weighted by Gasteiger charge is 2.53. The summed E-state index contributed by atoms with van der Waals surface area (Å²) in [5.74, 6) is -0.00935. The van der Waals surface area contributed by atoms with Gasteiger partial charge in [0, 0.05) is 0 Å². The molecule has 4 aromatic heterocycles. The lowest BCUT2D eigenvalue weighted by Gasteiger charge is -2.30. The van der Waals surface area contributed by atoms with Crippen LogP contribution in [-0.2, 0) is 43.9 Å². The molecule has 6 N–H and O–H groups in total. The molecule has 2 radical (unpaired) electrons. The Morgan fingerprint density at radius 2 is 1.59 bits per heavy atom. The van der Waals surface area contributed by atoms with Gasteiger partial charge in [0.1, 0.15) is 36.3 Å². The van der Waals surface area contributed by atoms with Gasteiger partial charge in [0.2, 0.25) is 13.5 Å². The first-order chi connectivity index (χ1) is 21.7. The summed E-state index contributed by atoms with van der Waals surface area (Å²) in [5.41, 5.74) is 4.19. The van der Waals surface area contributed by atoms with Gasteiger partial charge in [-0.3, -0.25) is 32.8 Å². The first-order valence-corrected chi connectivity index (χ1v) is 17.6. The van der Waals surface area contributed by atoms with Gasteiger partial charge in [-0.15, -0.1) is 0 Å². The molecule has 0 spiro atoms. The summed E-state index contributed by atoms with van der Waals surface area (Å²) in [4.78, 5) is 56.5.